The van der Waals surface area contributed by atoms with E-state index in [2.05, 4.69) is 34.0 Å². The van der Waals surface area contributed by atoms with Crippen LogP contribution in [0.2, 0.25) is 0 Å². The van der Waals surface area contributed by atoms with Crippen molar-refractivity contribution < 1.29 is 18.7 Å². The highest BCUT2D eigenvalue weighted by molar-refractivity contribution is 5.84. The van der Waals surface area contributed by atoms with Crippen LogP contribution in [-0.2, 0) is 11.2 Å². The summed E-state index contributed by atoms with van der Waals surface area (Å²) in [5, 5.41) is 2.44. The molecule has 8 heteroatoms. The van der Waals surface area contributed by atoms with Crippen LogP contribution in [-0.4, -0.2) is 42.4 Å². The largest absolute Gasteiger partial charge is 0.493 e. The molecule has 7 nitrogen and oxygen atoms in total. The van der Waals surface area contributed by atoms with Crippen LogP contribution in [0, 0.1) is 11.7 Å². The Morgan fingerprint density at radius 3 is 2.56 bits per heavy atom. The van der Waals surface area contributed by atoms with Gasteiger partial charge >= 0.3 is 6.09 Å². The summed E-state index contributed by atoms with van der Waals surface area (Å²) in [5.41, 5.74) is 1.25. The third-order valence-electron chi connectivity index (χ3n) is 6.18. The Balaban J connectivity index is 1.32. The van der Waals surface area contributed by atoms with Crippen LogP contribution >= 0.6 is 0 Å². The van der Waals surface area contributed by atoms with Crippen molar-refractivity contribution in [1.29, 1.82) is 0 Å². The summed E-state index contributed by atoms with van der Waals surface area (Å²) in [6, 6.07) is 4.47. The number of halogens is 1. The molecule has 0 bridgehead atoms. The summed E-state index contributed by atoms with van der Waals surface area (Å²) in [5.74, 6) is 1.40. The third kappa shape index (κ3) is 8.15. The molecule has 34 heavy (non-hydrogen) atoms. The molecule has 1 aromatic heterocycles. The molecule has 1 fully saturated rings. The highest BCUT2D eigenvalue weighted by atomic mass is 19.1. The predicted molar refractivity (Wildman–Crippen MR) is 132 cm³/mol. The van der Waals surface area contributed by atoms with Crippen LogP contribution in [0.15, 0.2) is 30.6 Å². The maximum Gasteiger partial charge on any atom is 0.411 e. The fourth-order valence-corrected chi connectivity index (χ4v) is 4.03. The normalized spacial score (nSPS) is 14.1. The molecule has 1 aromatic carbocycles. The van der Waals surface area contributed by atoms with Gasteiger partial charge in [-0.15, -0.1) is 0 Å². The van der Waals surface area contributed by atoms with Crippen LogP contribution in [0.3, 0.4) is 0 Å². The highest BCUT2D eigenvalue weighted by Gasteiger charge is 2.20. The van der Waals surface area contributed by atoms with Crippen molar-refractivity contribution >= 4 is 17.7 Å². The van der Waals surface area contributed by atoms with Gasteiger partial charge in [-0.25, -0.2) is 19.2 Å². The molecule has 0 spiro atoms. The maximum absolute atomic E-state index is 14.3. The number of nitrogens with one attached hydrogen (secondary N) is 1. The van der Waals surface area contributed by atoms with Gasteiger partial charge < -0.3 is 14.4 Å². The topological polar surface area (TPSA) is 76.6 Å². The first-order chi connectivity index (χ1) is 16.6. The Morgan fingerprint density at radius 2 is 1.88 bits per heavy atom. The fourth-order valence-electron chi connectivity index (χ4n) is 4.03. The number of hydrogen-bond acceptors (Lipinski definition) is 6. The minimum absolute atomic E-state index is 0.0907. The van der Waals surface area contributed by atoms with Crippen molar-refractivity contribution in [3.05, 3.63) is 42.0 Å². The van der Waals surface area contributed by atoms with E-state index in [4.69, 9.17) is 9.47 Å². The zero-order chi connectivity index (χ0) is 24.2. The molecular weight excluding hydrogens is 435 g/mol. The number of aromatic nitrogens is 2. The standard InChI is InChI=1S/C26H37FN4O3/c1-3-5-6-15-34-26(32)30-24-10-9-22(17-23(24)27)33-16-7-8-21-11-13-31(14-12-21)25-28-18-20(4-2)19-29-25/h9-10,17-19,21H,3-8,11-16H2,1-2H3,(H,30,32). The van der Waals surface area contributed by atoms with Crippen LogP contribution in [0.25, 0.3) is 0 Å². The lowest BCUT2D eigenvalue weighted by molar-refractivity contribution is 0.159. The van der Waals surface area contributed by atoms with Gasteiger partial charge in [-0.3, -0.25) is 5.32 Å². The van der Waals surface area contributed by atoms with E-state index in [-0.39, 0.29) is 5.69 Å². The van der Waals surface area contributed by atoms with Gasteiger partial charge in [-0.2, -0.15) is 0 Å². The van der Waals surface area contributed by atoms with Gasteiger partial charge in [-0.05, 0) is 62.1 Å². The van der Waals surface area contributed by atoms with Crippen molar-refractivity contribution in [3.8, 4) is 5.75 Å². The van der Waals surface area contributed by atoms with Crippen LogP contribution < -0.4 is 15.0 Å². The minimum Gasteiger partial charge on any atom is -0.493 e. The lowest BCUT2D eigenvalue weighted by atomic mass is 9.92. The monoisotopic (exact) mass is 472 g/mol. The Hall–Kier alpha value is -2.90. The Labute approximate surface area is 202 Å². The van der Waals surface area contributed by atoms with Gasteiger partial charge in [0.15, 0.2) is 5.82 Å². The molecule has 186 valence electrons. The molecule has 0 aliphatic carbocycles. The molecule has 0 radical (unpaired) electrons. The Morgan fingerprint density at radius 1 is 1.12 bits per heavy atom. The molecule has 1 aliphatic heterocycles. The van der Waals surface area contributed by atoms with Crippen LogP contribution in [0.1, 0.15) is 64.4 Å². The molecule has 1 N–H and O–H groups in total. The maximum atomic E-state index is 14.3. The lowest BCUT2D eigenvalue weighted by Crippen LogP contribution is -2.35. The number of hydrogen-bond donors (Lipinski definition) is 1. The number of unbranched alkanes of at least 4 members (excludes halogenated alkanes) is 2. The average Bonchev–Trinajstić information content (AvgIpc) is 2.86. The first kappa shape index (κ1) is 25.7. The van der Waals surface area contributed by atoms with E-state index >= 15 is 0 Å². The molecule has 1 saturated heterocycles. The number of carbonyl (C=O) groups excluding carboxylic acids is 1. The van der Waals surface area contributed by atoms with Crippen molar-refractivity contribution in [2.24, 2.45) is 5.92 Å². The summed E-state index contributed by atoms with van der Waals surface area (Å²) >= 11 is 0. The highest BCUT2D eigenvalue weighted by Crippen LogP contribution is 2.25. The van der Waals surface area contributed by atoms with E-state index in [1.807, 2.05) is 12.4 Å². The molecule has 1 aliphatic rings. The van der Waals surface area contributed by atoms with Crippen LogP contribution in [0.4, 0.5) is 20.8 Å². The molecule has 0 saturated carbocycles. The van der Waals surface area contributed by atoms with E-state index in [9.17, 15) is 9.18 Å². The number of amides is 1. The smallest absolute Gasteiger partial charge is 0.411 e. The number of carbonyl (C=O) groups is 1. The number of benzene rings is 1. The van der Waals surface area contributed by atoms with Gasteiger partial charge in [0.1, 0.15) is 5.75 Å². The number of anilines is 2. The molecular formula is C26H37FN4O3. The fraction of sp³-hybridized carbons (Fsp3) is 0.577. The molecule has 2 heterocycles. The second-order valence-electron chi connectivity index (χ2n) is 8.78. The summed E-state index contributed by atoms with van der Waals surface area (Å²) in [4.78, 5) is 23.0. The van der Waals surface area contributed by atoms with Gasteiger partial charge in [0.05, 0.1) is 18.9 Å². The summed E-state index contributed by atoms with van der Waals surface area (Å²) in [6.07, 6.45) is 11.2. The van der Waals surface area contributed by atoms with Crippen molar-refractivity contribution in [2.45, 2.75) is 65.2 Å². The number of nitrogens with zero attached hydrogens (tertiary/aromatic N) is 3. The van der Waals surface area contributed by atoms with E-state index < -0.39 is 11.9 Å². The zero-order valence-corrected chi connectivity index (χ0v) is 20.4. The van der Waals surface area contributed by atoms with Gasteiger partial charge in [0.2, 0.25) is 5.95 Å². The molecule has 3 rings (SSSR count). The third-order valence-corrected chi connectivity index (χ3v) is 6.18. The quantitative estimate of drug-likeness (QED) is 0.382. The molecule has 0 unspecified atom stereocenters. The second-order valence-corrected chi connectivity index (χ2v) is 8.78. The van der Waals surface area contributed by atoms with E-state index in [1.54, 1.807) is 6.07 Å². The van der Waals surface area contributed by atoms with Gasteiger partial charge in [0, 0.05) is 31.5 Å². The van der Waals surface area contributed by atoms with Crippen molar-refractivity contribution in [3.63, 3.8) is 0 Å². The zero-order valence-electron chi connectivity index (χ0n) is 20.4. The van der Waals surface area contributed by atoms with Crippen molar-refractivity contribution in [1.82, 2.24) is 9.97 Å². The second kappa shape index (κ2) is 13.7. The summed E-state index contributed by atoms with van der Waals surface area (Å²) < 4.78 is 25.1. The Kier molecular flexibility index (Phi) is 10.4. The predicted octanol–water partition coefficient (Wildman–Crippen LogP) is 5.99. The molecule has 2 aromatic rings. The number of piperidine rings is 1. The SMILES string of the molecule is CCCCCOC(=O)Nc1ccc(OCCCC2CCN(c3ncc(CC)cn3)CC2)cc1F. The first-order valence-electron chi connectivity index (χ1n) is 12.5. The summed E-state index contributed by atoms with van der Waals surface area (Å²) in [7, 11) is 0. The van der Waals surface area contributed by atoms with E-state index in [0.29, 0.717) is 24.9 Å². The van der Waals surface area contributed by atoms with Crippen LogP contribution in [0.5, 0.6) is 5.75 Å². The minimum atomic E-state index is -0.640. The lowest BCUT2D eigenvalue weighted by Gasteiger charge is -2.32. The number of ether oxygens (including phenoxy) is 2. The number of rotatable bonds is 12. The summed E-state index contributed by atoms with van der Waals surface area (Å²) in [6.45, 7) is 6.99. The van der Waals surface area contributed by atoms with Gasteiger partial charge in [-0.1, -0.05) is 26.7 Å². The number of aryl methyl sites for hydroxylation is 1. The molecule has 0 atom stereocenters. The average molecular weight is 473 g/mol. The molecule has 1 amide bonds. The van der Waals surface area contributed by atoms with Gasteiger partial charge in [0.25, 0.3) is 0 Å². The van der Waals surface area contributed by atoms with E-state index in [0.717, 1.165) is 76.0 Å². The Bertz CT molecular complexity index is 886. The first-order valence-corrected chi connectivity index (χ1v) is 12.5. The van der Waals surface area contributed by atoms with E-state index in [1.165, 1.54) is 12.1 Å². The van der Waals surface area contributed by atoms with Crippen molar-refractivity contribution in [2.75, 3.05) is 36.5 Å².